The summed E-state index contributed by atoms with van der Waals surface area (Å²) in [6.07, 6.45) is 14.2. The van der Waals surface area contributed by atoms with Gasteiger partial charge in [-0.3, -0.25) is 9.78 Å². The zero-order chi connectivity index (χ0) is 24.0. The molecule has 0 unspecified atom stereocenters. The summed E-state index contributed by atoms with van der Waals surface area (Å²) in [5.41, 5.74) is 10.4. The highest BCUT2D eigenvalue weighted by Crippen LogP contribution is 2.28. The number of anilines is 1. The Morgan fingerprint density at radius 2 is 1.53 bits per heavy atom. The first kappa shape index (κ1) is 25.7. The smallest absolute Gasteiger partial charge is 0.254 e. The fraction of sp³-hybridized carbons (Fsp3) is 0.448. The van der Waals surface area contributed by atoms with Crippen LogP contribution in [0.25, 0.3) is 10.9 Å². The number of fused-ring (bicyclic) bond motifs is 1. The standard InChI is InChI=1S/C29H40N4O/c1-31-29(34)26-22-32-27-18-17-23(14-10-7-5-3-2-4-6-8-13-19-30)20-25(27)28(26)33-21-24-15-11-9-12-16-24/h9,11-12,15-18,20,22H,2-8,10,13-14,19,21,30H2,1H3,(H,31,34)(H,32,33). The Kier molecular flexibility index (Phi) is 10.9. The zero-order valence-electron chi connectivity index (χ0n) is 20.6. The molecule has 34 heavy (non-hydrogen) atoms. The summed E-state index contributed by atoms with van der Waals surface area (Å²) in [5, 5.41) is 7.27. The van der Waals surface area contributed by atoms with E-state index < -0.39 is 0 Å². The molecule has 2 aromatic carbocycles. The number of benzene rings is 2. The summed E-state index contributed by atoms with van der Waals surface area (Å²) >= 11 is 0. The average molecular weight is 461 g/mol. The van der Waals surface area contributed by atoms with Gasteiger partial charge in [0.2, 0.25) is 0 Å². The van der Waals surface area contributed by atoms with Crippen LogP contribution in [0, 0.1) is 0 Å². The van der Waals surface area contributed by atoms with Crippen molar-refractivity contribution in [2.75, 3.05) is 18.9 Å². The van der Waals surface area contributed by atoms with Crippen LogP contribution >= 0.6 is 0 Å². The lowest BCUT2D eigenvalue weighted by atomic mass is 10.0. The van der Waals surface area contributed by atoms with E-state index in [1.165, 1.54) is 62.5 Å². The number of amides is 1. The molecule has 3 aromatic rings. The number of pyridine rings is 1. The molecular formula is C29H40N4O. The Balaban J connectivity index is 1.61. The molecule has 182 valence electrons. The third kappa shape index (κ3) is 7.84. The number of carbonyl (C=O) groups excluding carboxylic acids is 1. The summed E-state index contributed by atoms with van der Waals surface area (Å²) in [5.74, 6) is -0.126. The maximum atomic E-state index is 12.5. The monoisotopic (exact) mass is 460 g/mol. The van der Waals surface area contributed by atoms with Crippen molar-refractivity contribution in [1.82, 2.24) is 10.3 Å². The number of unbranched alkanes of at least 4 members (excludes halogenated alkanes) is 8. The quantitative estimate of drug-likeness (QED) is 0.235. The molecule has 0 aliphatic carbocycles. The van der Waals surface area contributed by atoms with Crippen molar-refractivity contribution >= 4 is 22.5 Å². The molecule has 3 rings (SSSR count). The Bertz CT molecular complexity index is 1020. The Morgan fingerprint density at radius 3 is 2.21 bits per heavy atom. The summed E-state index contributed by atoms with van der Waals surface area (Å²) in [6, 6.07) is 16.7. The van der Waals surface area contributed by atoms with Gasteiger partial charge in [-0.25, -0.2) is 0 Å². The Hall–Kier alpha value is -2.92. The number of nitrogens with one attached hydrogen (secondary N) is 2. The second-order valence-electron chi connectivity index (χ2n) is 9.04. The molecule has 0 aliphatic rings. The highest BCUT2D eigenvalue weighted by Gasteiger charge is 2.15. The van der Waals surface area contributed by atoms with Gasteiger partial charge in [0.15, 0.2) is 0 Å². The van der Waals surface area contributed by atoms with Gasteiger partial charge in [0.25, 0.3) is 5.91 Å². The van der Waals surface area contributed by atoms with Crippen molar-refractivity contribution in [2.24, 2.45) is 5.73 Å². The maximum absolute atomic E-state index is 12.5. The molecule has 0 saturated carbocycles. The summed E-state index contributed by atoms with van der Waals surface area (Å²) < 4.78 is 0. The van der Waals surface area contributed by atoms with Crippen LogP contribution < -0.4 is 16.4 Å². The summed E-state index contributed by atoms with van der Waals surface area (Å²) in [4.78, 5) is 17.1. The average Bonchev–Trinajstić information content (AvgIpc) is 2.88. The maximum Gasteiger partial charge on any atom is 0.254 e. The molecule has 0 bridgehead atoms. The van der Waals surface area contributed by atoms with Gasteiger partial charge < -0.3 is 16.4 Å². The van der Waals surface area contributed by atoms with Gasteiger partial charge in [0, 0.05) is 25.2 Å². The molecule has 0 fully saturated rings. The highest BCUT2D eigenvalue weighted by atomic mass is 16.1. The van der Waals surface area contributed by atoms with Gasteiger partial charge in [0.1, 0.15) is 0 Å². The molecule has 5 nitrogen and oxygen atoms in total. The predicted molar refractivity (Wildman–Crippen MR) is 143 cm³/mol. The Labute approximate surface area is 204 Å². The lowest BCUT2D eigenvalue weighted by Crippen LogP contribution is -2.20. The van der Waals surface area contributed by atoms with Crippen molar-refractivity contribution < 1.29 is 4.79 Å². The lowest BCUT2D eigenvalue weighted by molar-refractivity contribution is 0.0963. The van der Waals surface area contributed by atoms with Crippen molar-refractivity contribution in [3.63, 3.8) is 0 Å². The van der Waals surface area contributed by atoms with Gasteiger partial charge in [-0.1, -0.05) is 81.3 Å². The van der Waals surface area contributed by atoms with E-state index in [1.54, 1.807) is 13.2 Å². The van der Waals surface area contributed by atoms with Crippen LogP contribution in [0.3, 0.4) is 0 Å². The molecule has 0 atom stereocenters. The number of rotatable bonds is 15. The van der Waals surface area contributed by atoms with Crippen LogP contribution in [0.1, 0.15) is 79.3 Å². The molecule has 1 amide bonds. The van der Waals surface area contributed by atoms with E-state index in [-0.39, 0.29) is 5.91 Å². The van der Waals surface area contributed by atoms with Crippen LogP contribution in [0.2, 0.25) is 0 Å². The molecule has 4 N–H and O–H groups in total. The summed E-state index contributed by atoms with van der Waals surface area (Å²) in [7, 11) is 1.66. The van der Waals surface area contributed by atoms with Crippen molar-refractivity contribution in [1.29, 1.82) is 0 Å². The number of carbonyl (C=O) groups is 1. The van der Waals surface area contributed by atoms with E-state index in [9.17, 15) is 4.79 Å². The van der Waals surface area contributed by atoms with Crippen LogP contribution in [0.5, 0.6) is 0 Å². The second kappa shape index (κ2) is 14.4. The predicted octanol–water partition coefficient (Wildman–Crippen LogP) is 6.22. The van der Waals surface area contributed by atoms with Crippen molar-refractivity contribution in [3.8, 4) is 0 Å². The topological polar surface area (TPSA) is 80.0 Å². The minimum Gasteiger partial charge on any atom is -0.380 e. The molecule has 0 radical (unpaired) electrons. The Morgan fingerprint density at radius 1 is 0.853 bits per heavy atom. The number of aryl methyl sites for hydroxylation is 1. The lowest BCUT2D eigenvalue weighted by Gasteiger charge is -2.15. The van der Waals surface area contributed by atoms with Crippen LogP contribution in [0.4, 0.5) is 5.69 Å². The number of hydrogen-bond donors (Lipinski definition) is 3. The molecule has 0 aliphatic heterocycles. The number of aromatic nitrogens is 1. The van der Waals surface area contributed by atoms with Gasteiger partial charge in [0.05, 0.1) is 16.8 Å². The van der Waals surface area contributed by atoms with E-state index in [1.807, 2.05) is 18.2 Å². The molecule has 1 heterocycles. The number of nitrogens with zero attached hydrogens (tertiary/aromatic N) is 1. The van der Waals surface area contributed by atoms with Gasteiger partial charge >= 0.3 is 0 Å². The summed E-state index contributed by atoms with van der Waals surface area (Å²) in [6.45, 7) is 1.48. The van der Waals surface area contributed by atoms with Crippen LogP contribution in [-0.4, -0.2) is 24.5 Å². The van der Waals surface area contributed by atoms with E-state index in [0.717, 1.165) is 36.0 Å². The van der Waals surface area contributed by atoms with E-state index >= 15 is 0 Å². The van der Waals surface area contributed by atoms with Crippen molar-refractivity contribution in [2.45, 2.75) is 70.8 Å². The zero-order valence-corrected chi connectivity index (χ0v) is 20.6. The fourth-order valence-electron chi connectivity index (χ4n) is 4.39. The van der Waals surface area contributed by atoms with Gasteiger partial charge in [-0.15, -0.1) is 0 Å². The third-order valence-electron chi connectivity index (χ3n) is 6.39. The molecular weight excluding hydrogens is 420 g/mol. The molecule has 0 spiro atoms. The largest absolute Gasteiger partial charge is 0.380 e. The molecule has 1 aromatic heterocycles. The van der Waals surface area contributed by atoms with E-state index in [4.69, 9.17) is 5.73 Å². The van der Waals surface area contributed by atoms with E-state index in [2.05, 4.69) is 45.9 Å². The van der Waals surface area contributed by atoms with Crippen LogP contribution in [-0.2, 0) is 13.0 Å². The van der Waals surface area contributed by atoms with E-state index in [0.29, 0.717) is 12.1 Å². The first-order valence-corrected chi connectivity index (χ1v) is 12.8. The fourth-order valence-corrected chi connectivity index (χ4v) is 4.39. The third-order valence-corrected chi connectivity index (χ3v) is 6.39. The van der Waals surface area contributed by atoms with Gasteiger partial charge in [-0.05, 0) is 49.1 Å². The van der Waals surface area contributed by atoms with Crippen LogP contribution in [0.15, 0.2) is 54.7 Å². The second-order valence-corrected chi connectivity index (χ2v) is 9.04. The number of nitrogens with two attached hydrogens (primary N) is 1. The minimum atomic E-state index is -0.126. The SMILES string of the molecule is CNC(=O)c1cnc2ccc(CCCCCCCCCCCN)cc2c1NCc1ccccc1. The minimum absolute atomic E-state index is 0.126. The molecule has 5 heteroatoms. The first-order chi connectivity index (χ1) is 16.7. The van der Waals surface area contributed by atoms with Gasteiger partial charge in [-0.2, -0.15) is 0 Å². The first-order valence-electron chi connectivity index (χ1n) is 12.8. The normalized spacial score (nSPS) is 11.0. The van der Waals surface area contributed by atoms with Crippen molar-refractivity contribution in [3.05, 3.63) is 71.4 Å². The molecule has 0 saturated heterocycles. The number of hydrogen-bond acceptors (Lipinski definition) is 4. The highest BCUT2D eigenvalue weighted by molar-refractivity contribution is 6.07.